The Morgan fingerprint density at radius 1 is 0.816 bits per heavy atom. The van der Waals surface area contributed by atoms with Crippen molar-refractivity contribution in [1.82, 2.24) is 24.0 Å². The Morgan fingerprint density at radius 2 is 1.39 bits per heavy atom. The van der Waals surface area contributed by atoms with Gasteiger partial charge in [0.2, 0.25) is 5.75 Å². The summed E-state index contributed by atoms with van der Waals surface area (Å²) in [7, 11) is 8.31. The van der Waals surface area contributed by atoms with E-state index in [1.165, 1.54) is 41.2 Å². The van der Waals surface area contributed by atoms with E-state index in [2.05, 4.69) is 10.3 Å². The lowest BCUT2D eigenvalue weighted by Crippen LogP contribution is -2.39. The molecule has 0 atom stereocenters. The van der Waals surface area contributed by atoms with Gasteiger partial charge in [-0.3, -0.25) is 13.9 Å². The molecule has 1 N–H and O–H groups in total. The molecule has 38 heavy (non-hydrogen) atoms. The normalized spacial score (nSPS) is 11.3. The molecule has 1 aromatic carbocycles. The van der Waals surface area contributed by atoms with Crippen molar-refractivity contribution in [2.45, 2.75) is 70.9 Å². The molecule has 0 aliphatic carbocycles. The van der Waals surface area contributed by atoms with Crippen molar-refractivity contribution in [3.8, 4) is 17.2 Å². The second-order valence-corrected chi connectivity index (χ2v) is 9.72. The van der Waals surface area contributed by atoms with Gasteiger partial charge in [0.25, 0.3) is 5.56 Å². The largest absolute Gasteiger partial charge is 0.493 e. The highest BCUT2D eigenvalue weighted by Crippen LogP contribution is 2.38. The van der Waals surface area contributed by atoms with Crippen LogP contribution in [0.5, 0.6) is 17.2 Å². The molecule has 210 valence electrons. The fourth-order valence-corrected chi connectivity index (χ4v) is 4.82. The van der Waals surface area contributed by atoms with Crippen LogP contribution in [-0.4, -0.2) is 46.6 Å². The topological polar surface area (TPSA) is 102 Å². The zero-order valence-electron chi connectivity index (χ0n) is 23.5. The van der Waals surface area contributed by atoms with Gasteiger partial charge in [-0.1, -0.05) is 44.9 Å². The molecular weight excluding hydrogens is 486 g/mol. The number of hydrogen-bond donors (Lipinski definition) is 1. The van der Waals surface area contributed by atoms with E-state index in [9.17, 15) is 9.59 Å². The zero-order chi connectivity index (χ0) is 27.5. The summed E-state index contributed by atoms with van der Waals surface area (Å²) in [6, 6.07) is 3.96. The van der Waals surface area contributed by atoms with Gasteiger partial charge in [0.1, 0.15) is 0 Å². The number of fused-ring (bicyclic) bond motifs is 1. The van der Waals surface area contributed by atoms with Crippen molar-refractivity contribution in [2.75, 3.05) is 27.9 Å². The molecule has 2 heterocycles. The predicted octanol–water partition coefficient (Wildman–Crippen LogP) is 3.76. The Balaban J connectivity index is 1.25. The van der Waals surface area contributed by atoms with Crippen LogP contribution in [0.25, 0.3) is 11.2 Å². The van der Waals surface area contributed by atoms with E-state index < -0.39 is 0 Å². The molecule has 0 spiro atoms. The SMILES string of the molecule is COc1cc(CNCCCCCCCCCCCn2c(=O)c3c(ncn3C)n(C)c2=O)cc(OC)c1OC. The monoisotopic (exact) mass is 529 g/mol. The van der Waals surface area contributed by atoms with Crippen LogP contribution in [-0.2, 0) is 27.2 Å². The third-order valence-corrected chi connectivity index (χ3v) is 6.99. The van der Waals surface area contributed by atoms with Gasteiger partial charge in [-0.25, -0.2) is 9.78 Å². The smallest absolute Gasteiger partial charge is 0.332 e. The second-order valence-electron chi connectivity index (χ2n) is 9.72. The first-order valence-electron chi connectivity index (χ1n) is 13.5. The highest BCUT2D eigenvalue weighted by molar-refractivity contribution is 5.69. The van der Waals surface area contributed by atoms with Crippen molar-refractivity contribution in [1.29, 1.82) is 0 Å². The molecule has 3 rings (SSSR count). The fraction of sp³-hybridized carbons (Fsp3) is 0.607. The van der Waals surface area contributed by atoms with Crippen LogP contribution in [0.15, 0.2) is 28.0 Å². The molecule has 10 heteroatoms. The maximum Gasteiger partial charge on any atom is 0.332 e. The van der Waals surface area contributed by atoms with Crippen molar-refractivity contribution in [3.05, 3.63) is 44.9 Å². The van der Waals surface area contributed by atoms with Crippen LogP contribution < -0.4 is 30.8 Å². The number of imidazole rings is 1. The first-order chi connectivity index (χ1) is 18.4. The Morgan fingerprint density at radius 3 is 1.97 bits per heavy atom. The van der Waals surface area contributed by atoms with E-state index in [1.807, 2.05) is 12.1 Å². The van der Waals surface area contributed by atoms with Crippen LogP contribution in [0.2, 0.25) is 0 Å². The van der Waals surface area contributed by atoms with Gasteiger partial charge >= 0.3 is 5.69 Å². The van der Waals surface area contributed by atoms with Crippen molar-refractivity contribution in [2.24, 2.45) is 14.1 Å². The lowest BCUT2D eigenvalue weighted by atomic mass is 10.1. The summed E-state index contributed by atoms with van der Waals surface area (Å²) < 4.78 is 20.7. The minimum atomic E-state index is -0.292. The number of aryl methyl sites for hydroxylation is 2. The summed E-state index contributed by atoms with van der Waals surface area (Å²) in [4.78, 5) is 29.5. The summed E-state index contributed by atoms with van der Waals surface area (Å²) in [5.74, 6) is 1.96. The van der Waals surface area contributed by atoms with E-state index in [4.69, 9.17) is 14.2 Å². The average Bonchev–Trinajstić information content (AvgIpc) is 3.32. The van der Waals surface area contributed by atoms with Crippen molar-refractivity contribution < 1.29 is 14.2 Å². The molecule has 0 radical (unpaired) electrons. The van der Waals surface area contributed by atoms with Crippen LogP contribution in [0.4, 0.5) is 0 Å². The zero-order valence-corrected chi connectivity index (χ0v) is 23.5. The number of nitrogens with one attached hydrogen (secondary N) is 1. The van der Waals surface area contributed by atoms with E-state index in [1.54, 1.807) is 46.3 Å². The number of methoxy groups -OCH3 is 3. The molecule has 0 aliphatic rings. The molecule has 0 unspecified atom stereocenters. The summed E-state index contributed by atoms with van der Waals surface area (Å²) in [5, 5.41) is 3.50. The van der Waals surface area contributed by atoms with Gasteiger partial charge in [0.15, 0.2) is 22.7 Å². The molecule has 0 amide bonds. The van der Waals surface area contributed by atoms with E-state index >= 15 is 0 Å². The number of ether oxygens (including phenoxy) is 3. The molecule has 2 aromatic heterocycles. The number of hydrogen-bond acceptors (Lipinski definition) is 7. The van der Waals surface area contributed by atoms with Gasteiger partial charge in [0, 0.05) is 27.2 Å². The van der Waals surface area contributed by atoms with Gasteiger partial charge in [-0.05, 0) is 37.1 Å². The van der Waals surface area contributed by atoms with Gasteiger partial charge in [-0.15, -0.1) is 0 Å². The summed E-state index contributed by atoms with van der Waals surface area (Å²) in [6.45, 7) is 2.18. The minimum absolute atomic E-state index is 0.249. The molecule has 0 saturated carbocycles. The van der Waals surface area contributed by atoms with Crippen molar-refractivity contribution in [3.63, 3.8) is 0 Å². The Labute approximate surface area is 224 Å². The molecule has 0 fully saturated rings. The van der Waals surface area contributed by atoms with Crippen LogP contribution >= 0.6 is 0 Å². The van der Waals surface area contributed by atoms with Crippen LogP contribution in [0, 0.1) is 0 Å². The van der Waals surface area contributed by atoms with Crippen molar-refractivity contribution >= 4 is 11.2 Å². The number of unbranched alkanes of at least 4 members (excludes halogenated alkanes) is 8. The summed E-state index contributed by atoms with van der Waals surface area (Å²) in [6.07, 6.45) is 11.8. The molecule has 0 bridgehead atoms. The third kappa shape index (κ3) is 7.18. The van der Waals surface area contributed by atoms with Gasteiger partial charge < -0.3 is 24.1 Å². The number of nitrogens with zero attached hydrogens (tertiary/aromatic N) is 4. The molecular formula is C28H43N5O5. The Kier molecular flexibility index (Phi) is 11.3. The van der Waals surface area contributed by atoms with E-state index in [-0.39, 0.29) is 11.2 Å². The van der Waals surface area contributed by atoms with E-state index in [0.29, 0.717) is 35.0 Å². The average molecular weight is 530 g/mol. The van der Waals surface area contributed by atoms with Crippen LogP contribution in [0.3, 0.4) is 0 Å². The lowest BCUT2D eigenvalue weighted by molar-refractivity contribution is 0.323. The Bertz CT molecular complexity index is 1270. The maximum absolute atomic E-state index is 12.7. The highest BCUT2D eigenvalue weighted by atomic mass is 16.5. The first-order valence-corrected chi connectivity index (χ1v) is 13.5. The first kappa shape index (κ1) is 29.3. The highest BCUT2D eigenvalue weighted by Gasteiger charge is 2.15. The fourth-order valence-electron chi connectivity index (χ4n) is 4.82. The van der Waals surface area contributed by atoms with Gasteiger partial charge in [-0.2, -0.15) is 0 Å². The quantitative estimate of drug-likeness (QED) is 0.266. The van der Waals surface area contributed by atoms with Crippen LogP contribution in [0.1, 0.15) is 63.4 Å². The lowest BCUT2D eigenvalue weighted by Gasteiger charge is -2.14. The molecule has 0 aliphatic heterocycles. The number of benzene rings is 1. The van der Waals surface area contributed by atoms with Gasteiger partial charge in [0.05, 0.1) is 27.7 Å². The number of rotatable bonds is 17. The maximum atomic E-state index is 12.7. The summed E-state index contributed by atoms with van der Waals surface area (Å²) in [5.41, 5.74) is 1.47. The number of aromatic nitrogens is 4. The molecule has 3 aromatic rings. The third-order valence-electron chi connectivity index (χ3n) is 6.99. The Hall–Kier alpha value is -3.27. The predicted molar refractivity (Wildman–Crippen MR) is 150 cm³/mol. The van der Waals surface area contributed by atoms with E-state index in [0.717, 1.165) is 44.3 Å². The summed E-state index contributed by atoms with van der Waals surface area (Å²) >= 11 is 0. The molecule has 0 saturated heterocycles. The minimum Gasteiger partial charge on any atom is -0.493 e. The second kappa shape index (κ2) is 14.6. The molecule has 10 nitrogen and oxygen atoms in total. The standard InChI is InChI=1S/C28H43N5O5/c1-31-20-30-26-24(31)27(34)33(28(35)32(26)2)16-14-12-10-8-6-7-9-11-13-15-29-19-21-17-22(36-3)25(38-5)23(18-21)37-4/h17-18,20,29H,6-16,19H2,1-5H3.